The lowest BCUT2D eigenvalue weighted by atomic mass is 9.92. The van der Waals surface area contributed by atoms with Crippen molar-refractivity contribution in [1.29, 1.82) is 0 Å². The summed E-state index contributed by atoms with van der Waals surface area (Å²) < 4.78 is 38.9. The number of nitrogens with two attached hydrogens (primary N) is 1. The van der Waals surface area contributed by atoms with Crippen LogP contribution in [0.15, 0.2) is 18.5 Å². The third-order valence-corrected chi connectivity index (χ3v) is 7.55. The van der Waals surface area contributed by atoms with Crippen LogP contribution in [0.5, 0.6) is 5.75 Å². The van der Waals surface area contributed by atoms with Crippen molar-refractivity contribution in [1.82, 2.24) is 29.1 Å². The zero-order valence-electron chi connectivity index (χ0n) is 17.9. The van der Waals surface area contributed by atoms with Crippen LogP contribution in [-0.2, 0) is 14.8 Å². The molecular formula is C20H27N7O4S. The first-order chi connectivity index (χ1) is 15.4. The highest BCUT2D eigenvalue weighted by molar-refractivity contribution is 7.88. The summed E-state index contributed by atoms with van der Waals surface area (Å²) in [5.74, 6) is 1.21. The van der Waals surface area contributed by atoms with E-state index in [4.69, 9.17) is 15.2 Å². The number of nitrogen functional groups attached to an aromatic ring is 1. The van der Waals surface area contributed by atoms with Crippen LogP contribution >= 0.6 is 0 Å². The van der Waals surface area contributed by atoms with E-state index in [0.717, 1.165) is 29.8 Å². The number of hydrogen-bond acceptors (Lipinski definition) is 8. The smallest absolute Gasteiger partial charge is 0.240 e. The van der Waals surface area contributed by atoms with Gasteiger partial charge < -0.3 is 15.2 Å². The van der Waals surface area contributed by atoms with Crippen molar-refractivity contribution in [2.24, 2.45) is 5.92 Å². The third-order valence-electron chi connectivity index (χ3n) is 6.25. The topological polar surface area (TPSA) is 141 Å². The fourth-order valence-electron chi connectivity index (χ4n) is 4.49. The molecule has 3 aromatic heterocycles. The van der Waals surface area contributed by atoms with Crippen LogP contribution in [0.4, 0.5) is 5.95 Å². The quantitative estimate of drug-likeness (QED) is 0.559. The van der Waals surface area contributed by atoms with Crippen molar-refractivity contribution in [3.05, 3.63) is 24.2 Å². The van der Waals surface area contributed by atoms with Crippen LogP contribution in [0.3, 0.4) is 0 Å². The van der Waals surface area contributed by atoms with Gasteiger partial charge in [-0.1, -0.05) is 0 Å². The van der Waals surface area contributed by atoms with E-state index in [-0.39, 0.29) is 11.9 Å². The normalized spacial score (nSPS) is 20.8. The highest BCUT2D eigenvalue weighted by Crippen LogP contribution is 2.39. The van der Waals surface area contributed by atoms with Gasteiger partial charge >= 0.3 is 0 Å². The molecule has 0 radical (unpaired) electrons. The summed E-state index contributed by atoms with van der Waals surface area (Å²) in [6.45, 7) is 2.88. The molecule has 3 N–H and O–H groups in total. The monoisotopic (exact) mass is 461 g/mol. The summed E-state index contributed by atoms with van der Waals surface area (Å²) in [5, 5.41) is 11.4. The van der Waals surface area contributed by atoms with Crippen LogP contribution < -0.4 is 10.5 Å². The van der Waals surface area contributed by atoms with Crippen molar-refractivity contribution in [3.8, 4) is 16.9 Å². The molecule has 0 amide bonds. The summed E-state index contributed by atoms with van der Waals surface area (Å²) in [4.78, 5) is 4.48. The number of sulfonamides is 1. The Kier molecular flexibility index (Phi) is 5.51. The van der Waals surface area contributed by atoms with Crippen LogP contribution in [0, 0.1) is 5.92 Å². The first-order valence-corrected chi connectivity index (χ1v) is 12.6. The molecule has 5 rings (SSSR count). The summed E-state index contributed by atoms with van der Waals surface area (Å²) in [6, 6.07) is 2.05. The van der Waals surface area contributed by atoms with E-state index in [9.17, 15) is 8.42 Å². The van der Waals surface area contributed by atoms with Crippen LogP contribution in [0.2, 0.25) is 0 Å². The Morgan fingerprint density at radius 3 is 2.78 bits per heavy atom. The molecule has 1 atom stereocenters. The number of rotatable bonds is 6. The van der Waals surface area contributed by atoms with E-state index < -0.39 is 10.0 Å². The number of pyridine rings is 1. The average molecular weight is 462 g/mol. The van der Waals surface area contributed by atoms with Crippen LogP contribution in [0.25, 0.3) is 16.8 Å². The van der Waals surface area contributed by atoms with Gasteiger partial charge in [0.15, 0.2) is 5.75 Å². The summed E-state index contributed by atoms with van der Waals surface area (Å²) in [5.41, 5.74) is 9.23. The van der Waals surface area contributed by atoms with Gasteiger partial charge in [0.25, 0.3) is 0 Å². The number of nitrogens with zero attached hydrogens (tertiary/aromatic N) is 5. The van der Waals surface area contributed by atoms with E-state index in [1.54, 1.807) is 10.7 Å². The Bertz CT molecular complexity index is 1190. The molecule has 32 heavy (non-hydrogen) atoms. The lowest BCUT2D eigenvalue weighted by Gasteiger charge is -2.30. The van der Waals surface area contributed by atoms with Crippen LogP contribution in [-0.4, -0.2) is 76.7 Å². The molecule has 12 heteroatoms. The van der Waals surface area contributed by atoms with Crippen molar-refractivity contribution in [3.63, 3.8) is 0 Å². The number of anilines is 1. The summed E-state index contributed by atoms with van der Waals surface area (Å²) in [7, 11) is -3.20. The van der Waals surface area contributed by atoms with E-state index >= 15 is 0 Å². The number of H-pyrrole nitrogens is 1. The Labute approximate surface area is 186 Å². The maximum Gasteiger partial charge on any atom is 0.240 e. The van der Waals surface area contributed by atoms with E-state index in [1.165, 1.54) is 10.6 Å². The van der Waals surface area contributed by atoms with Gasteiger partial charge in [-0.15, -0.1) is 5.10 Å². The first kappa shape index (κ1) is 21.2. The molecule has 5 heterocycles. The molecule has 2 fully saturated rings. The largest absolute Gasteiger partial charge is 0.489 e. The maximum atomic E-state index is 11.9. The standard InChI is InChI=1S/C20H27N7O4S/c1-32(28,29)26-5-2-14(3-6-26)17-8-16(15-9-22-23-10-15)18(19-24-20(21)25-27(17)19)31-12-13-4-7-30-11-13/h8-10,13-14H,2-7,11-12H2,1H3,(H2,21,25)(H,22,23). The fourth-order valence-corrected chi connectivity index (χ4v) is 5.37. The van der Waals surface area contributed by atoms with Crippen molar-refractivity contribution >= 4 is 21.6 Å². The lowest BCUT2D eigenvalue weighted by Crippen LogP contribution is -2.37. The van der Waals surface area contributed by atoms with Crippen LogP contribution in [0.1, 0.15) is 30.9 Å². The van der Waals surface area contributed by atoms with E-state index in [2.05, 4.69) is 20.3 Å². The Morgan fingerprint density at radius 2 is 2.12 bits per heavy atom. The zero-order valence-corrected chi connectivity index (χ0v) is 18.7. The first-order valence-electron chi connectivity index (χ1n) is 10.7. The molecule has 3 aromatic rings. The van der Waals surface area contributed by atoms with Gasteiger partial charge in [0.2, 0.25) is 21.6 Å². The summed E-state index contributed by atoms with van der Waals surface area (Å²) >= 11 is 0. The number of aromatic nitrogens is 5. The molecule has 1 unspecified atom stereocenters. The second-order valence-electron chi connectivity index (χ2n) is 8.48. The zero-order chi connectivity index (χ0) is 22.3. The molecule has 0 aromatic carbocycles. The molecule has 0 spiro atoms. The number of hydrogen-bond donors (Lipinski definition) is 2. The number of piperidine rings is 1. The highest BCUT2D eigenvalue weighted by Gasteiger charge is 2.30. The average Bonchev–Trinajstić information content (AvgIpc) is 3.52. The number of fused-ring (bicyclic) bond motifs is 1. The predicted molar refractivity (Wildman–Crippen MR) is 118 cm³/mol. The molecule has 11 nitrogen and oxygen atoms in total. The van der Waals surface area contributed by atoms with Gasteiger partial charge in [0.1, 0.15) is 0 Å². The molecule has 0 aliphatic carbocycles. The van der Waals surface area contributed by atoms with Gasteiger partial charge in [-0.3, -0.25) is 5.10 Å². The Hall–Kier alpha value is -2.70. The minimum atomic E-state index is -3.20. The SMILES string of the molecule is CS(=O)(=O)N1CCC(c2cc(-c3cn[nH]c3)c(OCC3CCOC3)c3nc(N)nn23)CC1. The van der Waals surface area contributed by atoms with Crippen molar-refractivity contribution < 1.29 is 17.9 Å². The highest BCUT2D eigenvalue weighted by atomic mass is 32.2. The van der Waals surface area contributed by atoms with Gasteiger partial charge in [0, 0.05) is 54.5 Å². The van der Waals surface area contributed by atoms with E-state index in [1.807, 2.05) is 12.3 Å². The molecular weight excluding hydrogens is 434 g/mol. The maximum absolute atomic E-state index is 11.9. The number of ether oxygens (including phenoxy) is 2. The Morgan fingerprint density at radius 1 is 1.31 bits per heavy atom. The second-order valence-corrected chi connectivity index (χ2v) is 10.5. The predicted octanol–water partition coefficient (Wildman–Crippen LogP) is 1.26. The molecule has 2 aliphatic heterocycles. The molecule has 172 valence electrons. The van der Waals surface area contributed by atoms with Gasteiger partial charge in [0.05, 0.1) is 25.7 Å². The molecule has 0 bridgehead atoms. The minimum absolute atomic E-state index is 0.111. The van der Waals surface area contributed by atoms with Crippen molar-refractivity contribution in [2.45, 2.75) is 25.2 Å². The van der Waals surface area contributed by atoms with E-state index in [0.29, 0.717) is 56.5 Å². The third kappa shape index (κ3) is 4.05. The minimum Gasteiger partial charge on any atom is -0.489 e. The molecule has 2 saturated heterocycles. The van der Waals surface area contributed by atoms with Gasteiger partial charge in [-0.2, -0.15) is 10.1 Å². The van der Waals surface area contributed by atoms with Crippen molar-refractivity contribution in [2.75, 3.05) is 44.9 Å². The fraction of sp³-hybridized carbons (Fsp3) is 0.550. The second kappa shape index (κ2) is 8.34. The number of nitrogens with one attached hydrogen (secondary N) is 1. The Balaban J connectivity index is 1.55. The summed E-state index contributed by atoms with van der Waals surface area (Å²) in [6.07, 6.45) is 7.14. The van der Waals surface area contributed by atoms with Gasteiger partial charge in [-0.25, -0.2) is 17.2 Å². The number of aromatic amines is 1. The molecule has 2 aliphatic rings. The van der Waals surface area contributed by atoms with Gasteiger partial charge in [-0.05, 0) is 25.3 Å². The lowest BCUT2D eigenvalue weighted by molar-refractivity contribution is 0.167. The molecule has 0 saturated carbocycles.